The molecule has 8 heteroatoms. The Bertz CT molecular complexity index is 1340. The summed E-state index contributed by atoms with van der Waals surface area (Å²) in [7, 11) is 0. The molecule has 2 aromatic heterocycles. The Hall–Kier alpha value is -3.81. The number of aryl methyl sites for hydroxylation is 2. The first-order valence-corrected chi connectivity index (χ1v) is 9.71. The largest absolute Gasteiger partial charge is 0.454 e. The third kappa shape index (κ3) is 3.26. The van der Waals surface area contributed by atoms with Crippen LogP contribution < -0.4 is 20.3 Å². The lowest BCUT2D eigenvalue weighted by Gasteiger charge is -2.08. The fourth-order valence-electron chi connectivity index (χ4n) is 3.63. The van der Waals surface area contributed by atoms with Crippen molar-refractivity contribution in [1.29, 1.82) is 0 Å². The number of nitrogens with one attached hydrogen (secondary N) is 2. The second kappa shape index (κ2) is 7.22. The molecule has 0 spiro atoms. The van der Waals surface area contributed by atoms with Crippen LogP contribution in [0.4, 0.5) is 0 Å². The summed E-state index contributed by atoms with van der Waals surface area (Å²) in [5, 5.41) is 3.79. The molecule has 5 rings (SSSR count). The van der Waals surface area contributed by atoms with Crippen molar-refractivity contribution in [2.75, 3.05) is 6.79 Å². The van der Waals surface area contributed by atoms with Gasteiger partial charge in [-0.05, 0) is 36.8 Å². The van der Waals surface area contributed by atoms with Crippen molar-refractivity contribution < 1.29 is 14.3 Å². The fraction of sp³-hybridized carbons (Fsp3) is 0.227. The van der Waals surface area contributed by atoms with Gasteiger partial charge in [0.05, 0.1) is 6.33 Å². The van der Waals surface area contributed by atoms with E-state index in [0.29, 0.717) is 29.1 Å². The summed E-state index contributed by atoms with van der Waals surface area (Å²) >= 11 is 0. The van der Waals surface area contributed by atoms with Crippen LogP contribution in [0.2, 0.25) is 0 Å². The molecule has 2 N–H and O–H groups in total. The minimum Gasteiger partial charge on any atom is -0.454 e. The van der Waals surface area contributed by atoms with Gasteiger partial charge in [0.2, 0.25) is 12.7 Å². The van der Waals surface area contributed by atoms with Crippen molar-refractivity contribution in [2.45, 2.75) is 26.4 Å². The number of carbonyl (C=O) groups excluding carboxylic acids is 1. The first-order valence-electron chi connectivity index (χ1n) is 9.71. The molecule has 0 saturated carbocycles. The van der Waals surface area contributed by atoms with Gasteiger partial charge in [-0.3, -0.25) is 14.2 Å². The monoisotopic (exact) mass is 404 g/mol. The zero-order chi connectivity index (χ0) is 20.7. The Kier molecular flexibility index (Phi) is 4.39. The number of amides is 1. The van der Waals surface area contributed by atoms with E-state index in [-0.39, 0.29) is 31.2 Å². The van der Waals surface area contributed by atoms with Gasteiger partial charge in [-0.1, -0.05) is 17.7 Å². The Morgan fingerprint density at radius 2 is 2.07 bits per heavy atom. The molecule has 0 unspecified atom stereocenters. The molecule has 0 fully saturated rings. The Labute approximate surface area is 171 Å². The zero-order valence-corrected chi connectivity index (χ0v) is 16.4. The summed E-state index contributed by atoms with van der Waals surface area (Å²) in [6, 6.07) is 11.5. The van der Waals surface area contributed by atoms with E-state index in [1.807, 2.05) is 43.3 Å². The summed E-state index contributed by atoms with van der Waals surface area (Å²) < 4.78 is 12.1. The van der Waals surface area contributed by atoms with Crippen LogP contribution in [0.5, 0.6) is 11.5 Å². The maximum Gasteiger partial charge on any atom is 0.277 e. The SMILES string of the molecule is Cc1ccc2[nH]c3c(=O)n(CCC(=O)NCc4ccc5c(c4)OCO5)cnc3c2c1. The molecule has 8 nitrogen and oxygen atoms in total. The molecule has 3 heterocycles. The van der Waals surface area contributed by atoms with Crippen LogP contribution in [0, 0.1) is 6.92 Å². The number of hydrogen-bond acceptors (Lipinski definition) is 5. The summed E-state index contributed by atoms with van der Waals surface area (Å²) in [4.78, 5) is 32.7. The van der Waals surface area contributed by atoms with E-state index < -0.39 is 0 Å². The van der Waals surface area contributed by atoms with Gasteiger partial charge in [-0.15, -0.1) is 0 Å². The van der Waals surface area contributed by atoms with E-state index in [4.69, 9.17) is 9.47 Å². The Morgan fingerprint density at radius 1 is 1.20 bits per heavy atom. The molecule has 0 bridgehead atoms. The van der Waals surface area contributed by atoms with Crippen molar-refractivity contribution in [3.63, 3.8) is 0 Å². The highest BCUT2D eigenvalue weighted by molar-refractivity contribution is 6.04. The quantitative estimate of drug-likeness (QED) is 0.533. The topological polar surface area (TPSA) is 98.2 Å². The van der Waals surface area contributed by atoms with Gasteiger partial charge >= 0.3 is 0 Å². The minimum atomic E-state index is -0.183. The number of aromatic nitrogens is 3. The molecule has 0 aliphatic carbocycles. The fourth-order valence-corrected chi connectivity index (χ4v) is 3.63. The number of aromatic amines is 1. The van der Waals surface area contributed by atoms with E-state index >= 15 is 0 Å². The average Bonchev–Trinajstić information content (AvgIpc) is 3.36. The van der Waals surface area contributed by atoms with Crippen molar-refractivity contribution in [1.82, 2.24) is 19.9 Å². The summed E-state index contributed by atoms with van der Waals surface area (Å²) in [6.07, 6.45) is 1.68. The first-order chi connectivity index (χ1) is 14.6. The summed E-state index contributed by atoms with van der Waals surface area (Å²) in [5.41, 5.74) is 3.83. The second-order valence-electron chi connectivity index (χ2n) is 7.36. The molecule has 2 aromatic carbocycles. The van der Waals surface area contributed by atoms with Crippen LogP contribution in [0.3, 0.4) is 0 Å². The highest BCUT2D eigenvalue weighted by atomic mass is 16.7. The second-order valence-corrected chi connectivity index (χ2v) is 7.36. The molecular weight excluding hydrogens is 384 g/mol. The van der Waals surface area contributed by atoms with Gasteiger partial charge in [0.1, 0.15) is 11.0 Å². The van der Waals surface area contributed by atoms with E-state index in [9.17, 15) is 9.59 Å². The minimum absolute atomic E-state index is 0.146. The van der Waals surface area contributed by atoms with Gasteiger partial charge in [-0.25, -0.2) is 4.98 Å². The zero-order valence-electron chi connectivity index (χ0n) is 16.4. The lowest BCUT2D eigenvalue weighted by Crippen LogP contribution is -2.27. The lowest BCUT2D eigenvalue weighted by atomic mass is 10.2. The van der Waals surface area contributed by atoms with E-state index in [1.165, 1.54) is 10.9 Å². The van der Waals surface area contributed by atoms with Crippen LogP contribution in [0.15, 0.2) is 47.5 Å². The van der Waals surface area contributed by atoms with Crippen LogP contribution in [-0.2, 0) is 17.9 Å². The number of hydrogen-bond donors (Lipinski definition) is 2. The van der Waals surface area contributed by atoms with Gasteiger partial charge < -0.3 is 19.8 Å². The van der Waals surface area contributed by atoms with E-state index in [2.05, 4.69) is 15.3 Å². The van der Waals surface area contributed by atoms with Crippen LogP contribution in [0.25, 0.3) is 21.9 Å². The predicted octanol–water partition coefficient (Wildman–Crippen LogP) is 2.62. The molecule has 0 atom stereocenters. The molecule has 0 saturated heterocycles. The highest BCUT2D eigenvalue weighted by Crippen LogP contribution is 2.32. The highest BCUT2D eigenvalue weighted by Gasteiger charge is 2.14. The molecule has 4 aromatic rings. The van der Waals surface area contributed by atoms with Crippen molar-refractivity contribution in [2.24, 2.45) is 0 Å². The average molecular weight is 404 g/mol. The summed E-state index contributed by atoms with van der Waals surface area (Å²) in [6.45, 7) is 2.85. The number of benzene rings is 2. The smallest absolute Gasteiger partial charge is 0.277 e. The third-order valence-electron chi connectivity index (χ3n) is 5.23. The first kappa shape index (κ1) is 18.2. The number of ether oxygens (including phenoxy) is 2. The van der Waals surface area contributed by atoms with E-state index in [0.717, 1.165) is 22.0 Å². The van der Waals surface area contributed by atoms with Gasteiger partial charge in [0.15, 0.2) is 11.5 Å². The number of carbonyl (C=O) groups is 1. The van der Waals surface area contributed by atoms with E-state index in [1.54, 1.807) is 0 Å². The number of nitrogens with zero attached hydrogens (tertiary/aromatic N) is 2. The van der Waals surface area contributed by atoms with Gasteiger partial charge in [0, 0.05) is 30.4 Å². The maximum absolute atomic E-state index is 12.8. The molecule has 1 amide bonds. The standard InChI is InChI=1S/C22H20N4O4/c1-13-2-4-16-15(8-13)20-21(25-16)22(28)26(11-24-20)7-6-19(27)23-10-14-3-5-17-18(9-14)30-12-29-17/h2-5,8-9,11,25H,6-7,10,12H2,1H3,(H,23,27). The summed E-state index contributed by atoms with van der Waals surface area (Å²) in [5.74, 6) is 1.24. The number of rotatable bonds is 5. The van der Waals surface area contributed by atoms with Crippen molar-refractivity contribution >= 4 is 27.8 Å². The number of fused-ring (bicyclic) bond motifs is 4. The third-order valence-corrected chi connectivity index (χ3v) is 5.23. The molecule has 152 valence electrons. The van der Waals surface area contributed by atoms with Crippen molar-refractivity contribution in [3.05, 3.63) is 64.2 Å². The lowest BCUT2D eigenvalue weighted by molar-refractivity contribution is -0.121. The van der Waals surface area contributed by atoms with Crippen LogP contribution in [0.1, 0.15) is 17.5 Å². The van der Waals surface area contributed by atoms with Crippen molar-refractivity contribution in [3.8, 4) is 11.5 Å². The molecule has 1 aliphatic rings. The normalized spacial score (nSPS) is 12.6. The molecule has 0 radical (unpaired) electrons. The molecule has 1 aliphatic heterocycles. The number of H-pyrrole nitrogens is 1. The van der Waals surface area contributed by atoms with Crippen LogP contribution >= 0.6 is 0 Å². The van der Waals surface area contributed by atoms with Crippen LogP contribution in [-0.4, -0.2) is 27.2 Å². The van der Waals surface area contributed by atoms with Gasteiger partial charge in [-0.2, -0.15) is 0 Å². The molecular formula is C22H20N4O4. The van der Waals surface area contributed by atoms with Gasteiger partial charge in [0.25, 0.3) is 5.56 Å². The Balaban J connectivity index is 1.26. The maximum atomic E-state index is 12.8. The Morgan fingerprint density at radius 3 is 2.97 bits per heavy atom. The predicted molar refractivity (Wildman–Crippen MR) is 112 cm³/mol. The molecule has 30 heavy (non-hydrogen) atoms.